The van der Waals surface area contributed by atoms with Gasteiger partial charge in [0, 0.05) is 44.7 Å². The summed E-state index contributed by atoms with van der Waals surface area (Å²) in [6.07, 6.45) is 0.327. The summed E-state index contributed by atoms with van der Waals surface area (Å²) in [6.45, 7) is 6.48. The zero-order valence-electron chi connectivity index (χ0n) is 17.0. The van der Waals surface area contributed by atoms with E-state index in [0.717, 1.165) is 5.69 Å². The fourth-order valence-corrected chi connectivity index (χ4v) is 3.46. The Hall–Kier alpha value is -2.89. The Kier molecular flexibility index (Phi) is 6.86. The molecule has 1 fully saturated rings. The maximum atomic E-state index is 13.9. The number of anilines is 2. The number of carbonyl (C=O) groups is 2. The van der Waals surface area contributed by atoms with E-state index in [0.29, 0.717) is 37.8 Å². The monoisotopic (exact) mass is 397 g/mol. The third-order valence-electron chi connectivity index (χ3n) is 5.25. The van der Waals surface area contributed by atoms with E-state index < -0.39 is 0 Å². The Morgan fingerprint density at radius 2 is 1.62 bits per heavy atom. The van der Waals surface area contributed by atoms with Crippen molar-refractivity contribution in [3.8, 4) is 0 Å². The molecule has 1 aliphatic heterocycles. The summed E-state index contributed by atoms with van der Waals surface area (Å²) in [5.41, 5.74) is 2.53. The van der Waals surface area contributed by atoms with Crippen LogP contribution in [-0.2, 0) is 9.59 Å². The summed E-state index contributed by atoms with van der Waals surface area (Å²) >= 11 is 0. The lowest BCUT2D eigenvalue weighted by Gasteiger charge is -2.36. The lowest BCUT2D eigenvalue weighted by molar-refractivity contribution is -0.133. The molecule has 2 aromatic carbocycles. The molecule has 0 atom stereocenters. The van der Waals surface area contributed by atoms with E-state index >= 15 is 0 Å². The van der Waals surface area contributed by atoms with Gasteiger partial charge in [0.15, 0.2) is 0 Å². The standard InChI is InChI=1S/C23H28FN3O2/c1-17(2)18-7-9-19(10-8-18)25-22(28)11-12-23(29)27-15-13-26(14-16-27)21-6-4-3-5-20(21)24/h3-10,17H,11-16H2,1-2H3,(H,25,28). The van der Waals surface area contributed by atoms with Crippen LogP contribution in [0.25, 0.3) is 0 Å². The minimum Gasteiger partial charge on any atom is -0.366 e. The quantitative estimate of drug-likeness (QED) is 0.801. The van der Waals surface area contributed by atoms with Gasteiger partial charge in [-0.05, 0) is 35.7 Å². The fraction of sp³-hybridized carbons (Fsp3) is 0.391. The first-order valence-corrected chi connectivity index (χ1v) is 10.1. The molecule has 29 heavy (non-hydrogen) atoms. The molecule has 6 heteroatoms. The molecule has 154 valence electrons. The molecule has 2 aromatic rings. The van der Waals surface area contributed by atoms with Crippen LogP contribution in [0.5, 0.6) is 0 Å². The fourth-order valence-electron chi connectivity index (χ4n) is 3.46. The van der Waals surface area contributed by atoms with E-state index in [1.165, 1.54) is 11.6 Å². The number of nitrogens with zero attached hydrogens (tertiary/aromatic N) is 2. The van der Waals surface area contributed by atoms with Gasteiger partial charge in [-0.2, -0.15) is 0 Å². The smallest absolute Gasteiger partial charge is 0.224 e. The van der Waals surface area contributed by atoms with Crippen molar-refractivity contribution in [1.82, 2.24) is 4.90 Å². The lowest BCUT2D eigenvalue weighted by atomic mass is 10.0. The van der Waals surface area contributed by atoms with Crippen molar-refractivity contribution in [3.63, 3.8) is 0 Å². The highest BCUT2D eigenvalue weighted by molar-refractivity contribution is 5.93. The first kappa shape index (κ1) is 20.8. The molecule has 1 heterocycles. The second kappa shape index (κ2) is 9.54. The van der Waals surface area contributed by atoms with Gasteiger partial charge in [-0.15, -0.1) is 0 Å². The van der Waals surface area contributed by atoms with E-state index in [-0.39, 0.29) is 30.5 Å². The van der Waals surface area contributed by atoms with Crippen molar-refractivity contribution in [2.45, 2.75) is 32.6 Å². The molecular formula is C23H28FN3O2. The molecule has 0 bridgehead atoms. The van der Waals surface area contributed by atoms with Crippen LogP contribution in [0.1, 0.15) is 38.2 Å². The van der Waals surface area contributed by atoms with Crippen LogP contribution in [0.15, 0.2) is 48.5 Å². The summed E-state index contributed by atoms with van der Waals surface area (Å²) in [7, 11) is 0. The van der Waals surface area contributed by atoms with Crippen LogP contribution in [0.2, 0.25) is 0 Å². The van der Waals surface area contributed by atoms with Gasteiger partial charge < -0.3 is 15.1 Å². The zero-order chi connectivity index (χ0) is 20.8. The summed E-state index contributed by atoms with van der Waals surface area (Å²) < 4.78 is 13.9. The highest BCUT2D eigenvalue weighted by atomic mass is 19.1. The Morgan fingerprint density at radius 3 is 2.24 bits per heavy atom. The van der Waals surface area contributed by atoms with E-state index in [4.69, 9.17) is 0 Å². The molecule has 1 aliphatic rings. The number of piperazine rings is 1. The average molecular weight is 397 g/mol. The van der Waals surface area contributed by atoms with Crippen LogP contribution in [-0.4, -0.2) is 42.9 Å². The Balaban J connectivity index is 1.43. The molecule has 2 amide bonds. The van der Waals surface area contributed by atoms with Gasteiger partial charge in [-0.3, -0.25) is 9.59 Å². The van der Waals surface area contributed by atoms with Gasteiger partial charge in [0.25, 0.3) is 0 Å². The van der Waals surface area contributed by atoms with E-state index in [1.54, 1.807) is 17.0 Å². The van der Waals surface area contributed by atoms with Crippen LogP contribution >= 0.6 is 0 Å². The number of amides is 2. The minimum atomic E-state index is -0.245. The van der Waals surface area contributed by atoms with Crippen LogP contribution in [0, 0.1) is 5.82 Å². The molecule has 1 saturated heterocycles. The van der Waals surface area contributed by atoms with Gasteiger partial charge in [-0.1, -0.05) is 38.1 Å². The van der Waals surface area contributed by atoms with Crippen molar-refractivity contribution >= 4 is 23.2 Å². The predicted molar refractivity (Wildman–Crippen MR) is 114 cm³/mol. The van der Waals surface area contributed by atoms with Gasteiger partial charge >= 0.3 is 0 Å². The van der Waals surface area contributed by atoms with Gasteiger partial charge in [0.05, 0.1) is 5.69 Å². The number of carbonyl (C=O) groups excluding carboxylic acids is 2. The van der Waals surface area contributed by atoms with Crippen LogP contribution in [0.4, 0.5) is 15.8 Å². The average Bonchev–Trinajstić information content (AvgIpc) is 2.73. The van der Waals surface area contributed by atoms with E-state index in [9.17, 15) is 14.0 Å². The third-order valence-corrected chi connectivity index (χ3v) is 5.25. The van der Waals surface area contributed by atoms with Crippen molar-refractivity contribution < 1.29 is 14.0 Å². The number of nitrogens with one attached hydrogen (secondary N) is 1. The number of hydrogen-bond acceptors (Lipinski definition) is 3. The maximum Gasteiger partial charge on any atom is 0.224 e. The lowest BCUT2D eigenvalue weighted by Crippen LogP contribution is -2.49. The third kappa shape index (κ3) is 5.56. The number of para-hydroxylation sites is 1. The van der Waals surface area contributed by atoms with Gasteiger partial charge in [-0.25, -0.2) is 4.39 Å². The van der Waals surface area contributed by atoms with E-state index in [2.05, 4.69) is 19.2 Å². The number of rotatable bonds is 6. The summed E-state index contributed by atoms with van der Waals surface area (Å²) in [6, 6.07) is 14.5. The van der Waals surface area contributed by atoms with Crippen LogP contribution in [0.3, 0.4) is 0 Å². The molecule has 3 rings (SSSR count). The Morgan fingerprint density at radius 1 is 0.966 bits per heavy atom. The first-order chi connectivity index (χ1) is 13.9. The van der Waals surface area contributed by atoms with Gasteiger partial charge in [0.2, 0.25) is 11.8 Å². The molecular weight excluding hydrogens is 369 g/mol. The summed E-state index contributed by atoms with van der Waals surface area (Å²) in [5, 5.41) is 2.84. The molecule has 0 unspecified atom stereocenters. The van der Waals surface area contributed by atoms with Crippen molar-refractivity contribution in [2.24, 2.45) is 0 Å². The Labute approximate surface area is 171 Å². The Bertz CT molecular complexity index is 843. The second-order valence-corrected chi connectivity index (χ2v) is 7.64. The van der Waals surface area contributed by atoms with Crippen LogP contribution < -0.4 is 10.2 Å². The molecule has 0 spiro atoms. The number of benzene rings is 2. The zero-order valence-corrected chi connectivity index (χ0v) is 17.0. The maximum absolute atomic E-state index is 13.9. The molecule has 0 aromatic heterocycles. The summed E-state index contributed by atoms with van der Waals surface area (Å²) in [5.74, 6) is -0.00859. The van der Waals surface area contributed by atoms with Crippen molar-refractivity contribution in [1.29, 1.82) is 0 Å². The molecule has 0 aliphatic carbocycles. The summed E-state index contributed by atoms with van der Waals surface area (Å²) in [4.78, 5) is 28.3. The topological polar surface area (TPSA) is 52.7 Å². The molecule has 0 saturated carbocycles. The normalized spacial score (nSPS) is 14.2. The van der Waals surface area contributed by atoms with E-state index in [1.807, 2.05) is 35.2 Å². The van der Waals surface area contributed by atoms with Gasteiger partial charge in [0.1, 0.15) is 5.82 Å². The predicted octanol–water partition coefficient (Wildman–Crippen LogP) is 4.02. The number of halogens is 1. The highest BCUT2D eigenvalue weighted by Crippen LogP contribution is 2.21. The second-order valence-electron chi connectivity index (χ2n) is 7.64. The SMILES string of the molecule is CC(C)c1ccc(NC(=O)CCC(=O)N2CCN(c3ccccc3F)CC2)cc1. The number of hydrogen-bond donors (Lipinski definition) is 1. The largest absolute Gasteiger partial charge is 0.366 e. The first-order valence-electron chi connectivity index (χ1n) is 10.1. The van der Waals surface area contributed by atoms with Crippen molar-refractivity contribution in [3.05, 3.63) is 59.9 Å². The highest BCUT2D eigenvalue weighted by Gasteiger charge is 2.23. The molecule has 5 nitrogen and oxygen atoms in total. The molecule has 1 N–H and O–H groups in total. The van der Waals surface area contributed by atoms with Crippen molar-refractivity contribution in [2.75, 3.05) is 36.4 Å². The molecule has 0 radical (unpaired) electrons. The minimum absolute atomic E-state index is 0.0384.